The summed E-state index contributed by atoms with van der Waals surface area (Å²) in [6.45, 7) is 2.71. The first-order valence-corrected chi connectivity index (χ1v) is 10.3. The number of carbonyl (C=O) groups excluding carboxylic acids is 2. The molecular weight excluding hydrogens is 364 g/mol. The minimum absolute atomic E-state index is 0.0343. The molecule has 0 spiro atoms. The first kappa shape index (κ1) is 16.9. The lowest BCUT2D eigenvalue weighted by Crippen LogP contribution is -2.40. The Bertz CT molecular complexity index is 916. The van der Waals surface area contributed by atoms with Crippen LogP contribution >= 0.6 is 11.3 Å². The van der Waals surface area contributed by atoms with Crippen LogP contribution in [0.3, 0.4) is 0 Å². The molecule has 142 valence electrons. The number of carbonyl (C=O) groups is 2. The van der Waals surface area contributed by atoms with Gasteiger partial charge in [0, 0.05) is 29.3 Å². The number of aromatic nitrogens is 2. The summed E-state index contributed by atoms with van der Waals surface area (Å²) in [6.07, 6.45) is 6.34. The summed E-state index contributed by atoms with van der Waals surface area (Å²) in [7, 11) is 0. The van der Waals surface area contributed by atoms with Gasteiger partial charge in [0.15, 0.2) is 12.1 Å². The van der Waals surface area contributed by atoms with Gasteiger partial charge in [0.2, 0.25) is 5.91 Å². The van der Waals surface area contributed by atoms with Gasteiger partial charge in [0.1, 0.15) is 5.76 Å². The molecule has 2 aromatic rings. The Balaban J connectivity index is 1.30. The van der Waals surface area contributed by atoms with Crippen molar-refractivity contribution < 1.29 is 14.0 Å². The van der Waals surface area contributed by atoms with Crippen LogP contribution in [0.25, 0.3) is 0 Å². The third kappa shape index (κ3) is 2.61. The average Bonchev–Trinajstić information content (AvgIpc) is 3.29. The summed E-state index contributed by atoms with van der Waals surface area (Å²) in [4.78, 5) is 36.2. The quantitative estimate of drug-likeness (QED) is 0.850. The predicted molar refractivity (Wildman–Crippen MR) is 98.5 cm³/mol. The first-order valence-electron chi connectivity index (χ1n) is 9.51. The van der Waals surface area contributed by atoms with E-state index < -0.39 is 5.91 Å². The molecule has 2 aromatic heterocycles. The van der Waals surface area contributed by atoms with Gasteiger partial charge >= 0.3 is 0 Å². The van der Waals surface area contributed by atoms with Gasteiger partial charge in [-0.2, -0.15) is 0 Å². The van der Waals surface area contributed by atoms with Crippen molar-refractivity contribution in [3.8, 4) is 0 Å². The third-order valence-electron chi connectivity index (χ3n) is 6.42. The van der Waals surface area contributed by atoms with Crippen LogP contribution in [0.15, 0.2) is 10.8 Å². The van der Waals surface area contributed by atoms with E-state index in [0.29, 0.717) is 30.6 Å². The molecular formula is C19H22N4O3S. The lowest BCUT2D eigenvalue weighted by atomic mass is 9.72. The maximum absolute atomic E-state index is 13.0. The SMILES string of the molecule is Cc1nc(C2CCC2)sc1CC(=O)N1CC2CC1C2c1ocnc1C(N)=O. The minimum Gasteiger partial charge on any atom is -0.447 e. The number of oxazole rings is 1. The molecule has 8 heteroatoms. The number of nitrogens with two attached hydrogens (primary N) is 1. The molecule has 2 saturated heterocycles. The van der Waals surface area contributed by atoms with E-state index in [-0.39, 0.29) is 23.6 Å². The first-order chi connectivity index (χ1) is 13.0. The van der Waals surface area contributed by atoms with Crippen LogP contribution in [0, 0.1) is 12.8 Å². The van der Waals surface area contributed by atoms with Gasteiger partial charge in [0.05, 0.1) is 17.1 Å². The zero-order valence-electron chi connectivity index (χ0n) is 15.2. The van der Waals surface area contributed by atoms with E-state index in [1.807, 2.05) is 11.8 Å². The van der Waals surface area contributed by atoms with Gasteiger partial charge in [-0.15, -0.1) is 11.3 Å². The second kappa shape index (κ2) is 6.15. The Morgan fingerprint density at radius 3 is 2.93 bits per heavy atom. The van der Waals surface area contributed by atoms with Crippen LogP contribution in [0.4, 0.5) is 0 Å². The third-order valence-corrected chi connectivity index (χ3v) is 7.74. The average molecular weight is 386 g/mol. The molecule has 2 saturated carbocycles. The highest BCUT2D eigenvalue weighted by Crippen LogP contribution is 2.53. The van der Waals surface area contributed by atoms with E-state index in [1.165, 1.54) is 30.7 Å². The van der Waals surface area contributed by atoms with Crippen molar-refractivity contribution in [2.45, 2.75) is 56.9 Å². The molecule has 27 heavy (non-hydrogen) atoms. The monoisotopic (exact) mass is 386 g/mol. The summed E-state index contributed by atoms with van der Waals surface area (Å²) in [5.74, 6) is 1.05. The van der Waals surface area contributed by atoms with Crippen LogP contribution in [-0.2, 0) is 11.2 Å². The smallest absolute Gasteiger partial charge is 0.270 e. The topological polar surface area (TPSA) is 102 Å². The number of aryl methyl sites for hydroxylation is 1. The molecule has 4 heterocycles. The molecule has 4 fully saturated rings. The standard InChI is InChI=1S/C19H22N4O3S/c1-9-13(27-19(22-9)10-3-2-4-10)6-14(24)23-7-11-5-12(23)15(11)17-16(18(20)25)21-8-26-17/h8,10-12,15H,2-7H2,1H3,(H2,20,25). The number of thiazole rings is 1. The molecule has 2 bridgehead atoms. The van der Waals surface area contributed by atoms with Crippen molar-refractivity contribution in [3.05, 3.63) is 33.4 Å². The van der Waals surface area contributed by atoms with Gasteiger partial charge < -0.3 is 15.1 Å². The number of nitrogens with zero attached hydrogens (tertiary/aromatic N) is 3. The number of hydrogen-bond acceptors (Lipinski definition) is 6. The summed E-state index contributed by atoms with van der Waals surface area (Å²) in [5, 5.41) is 1.19. The highest BCUT2D eigenvalue weighted by Gasteiger charge is 2.56. The van der Waals surface area contributed by atoms with E-state index in [1.54, 1.807) is 11.3 Å². The largest absolute Gasteiger partial charge is 0.447 e. The number of hydrogen-bond donors (Lipinski definition) is 1. The van der Waals surface area contributed by atoms with Crippen molar-refractivity contribution in [1.82, 2.24) is 14.9 Å². The molecule has 2 aliphatic carbocycles. The van der Waals surface area contributed by atoms with E-state index in [9.17, 15) is 9.59 Å². The van der Waals surface area contributed by atoms with Crippen molar-refractivity contribution in [1.29, 1.82) is 0 Å². The van der Waals surface area contributed by atoms with E-state index in [0.717, 1.165) is 17.0 Å². The maximum Gasteiger partial charge on any atom is 0.270 e. The fourth-order valence-corrected chi connectivity index (χ4v) is 5.88. The Morgan fingerprint density at radius 2 is 2.22 bits per heavy atom. The molecule has 2 amide bonds. The van der Waals surface area contributed by atoms with Gasteiger partial charge in [-0.1, -0.05) is 6.42 Å². The highest BCUT2D eigenvalue weighted by molar-refractivity contribution is 7.12. The molecule has 7 nitrogen and oxygen atoms in total. The molecule has 0 radical (unpaired) electrons. The normalized spacial score (nSPS) is 26.7. The number of rotatable bonds is 5. The fourth-order valence-electron chi connectivity index (χ4n) is 4.65. The van der Waals surface area contributed by atoms with Crippen molar-refractivity contribution in [2.24, 2.45) is 11.7 Å². The zero-order chi connectivity index (χ0) is 18.7. The van der Waals surface area contributed by atoms with Crippen LogP contribution in [0.2, 0.25) is 0 Å². The molecule has 2 aliphatic heterocycles. The molecule has 0 aromatic carbocycles. The minimum atomic E-state index is -0.577. The van der Waals surface area contributed by atoms with Crippen LogP contribution < -0.4 is 5.73 Å². The van der Waals surface area contributed by atoms with Crippen LogP contribution in [0.1, 0.15) is 69.3 Å². The second-order valence-electron chi connectivity index (χ2n) is 7.93. The zero-order valence-corrected chi connectivity index (χ0v) is 16.0. The lowest BCUT2D eigenvalue weighted by molar-refractivity contribution is -0.130. The van der Waals surface area contributed by atoms with Gasteiger partial charge in [-0.05, 0) is 32.1 Å². The number of amides is 2. The molecule has 3 unspecified atom stereocenters. The summed E-state index contributed by atoms with van der Waals surface area (Å²) in [6, 6.07) is 0.0767. The summed E-state index contributed by atoms with van der Waals surface area (Å²) < 4.78 is 5.47. The summed E-state index contributed by atoms with van der Waals surface area (Å²) >= 11 is 1.70. The molecule has 4 aliphatic rings. The summed E-state index contributed by atoms with van der Waals surface area (Å²) in [5.41, 5.74) is 6.59. The Labute approximate surface area is 161 Å². The Hall–Kier alpha value is -2.22. The highest BCUT2D eigenvalue weighted by atomic mass is 32.1. The van der Waals surface area contributed by atoms with E-state index in [4.69, 9.17) is 15.1 Å². The van der Waals surface area contributed by atoms with E-state index >= 15 is 0 Å². The van der Waals surface area contributed by atoms with Gasteiger partial charge in [0.25, 0.3) is 5.91 Å². The van der Waals surface area contributed by atoms with Gasteiger partial charge in [-0.3, -0.25) is 9.59 Å². The molecule has 2 N–H and O–H groups in total. The van der Waals surface area contributed by atoms with E-state index in [2.05, 4.69) is 4.98 Å². The number of primary amides is 1. The lowest BCUT2D eigenvalue weighted by Gasteiger charge is -2.35. The maximum atomic E-state index is 13.0. The molecule has 6 rings (SSSR count). The predicted octanol–water partition coefficient (Wildman–Crippen LogP) is 2.36. The van der Waals surface area contributed by atoms with Crippen molar-refractivity contribution in [3.63, 3.8) is 0 Å². The second-order valence-corrected chi connectivity index (χ2v) is 9.04. The Kier molecular flexibility index (Phi) is 3.86. The van der Waals surface area contributed by atoms with Crippen LogP contribution in [-0.4, -0.2) is 39.3 Å². The number of fused-ring (bicyclic) bond motifs is 1. The Morgan fingerprint density at radius 1 is 1.41 bits per heavy atom. The van der Waals surface area contributed by atoms with Crippen molar-refractivity contribution in [2.75, 3.05) is 6.54 Å². The van der Waals surface area contributed by atoms with Crippen molar-refractivity contribution >= 4 is 23.2 Å². The van der Waals surface area contributed by atoms with Gasteiger partial charge in [-0.25, -0.2) is 9.97 Å². The van der Waals surface area contributed by atoms with Crippen LogP contribution in [0.5, 0.6) is 0 Å². The molecule has 3 atom stereocenters. The fraction of sp³-hybridized carbons (Fsp3) is 0.579.